The van der Waals surface area contributed by atoms with Crippen LogP contribution in [0.1, 0.15) is 43.1 Å². The van der Waals surface area contributed by atoms with E-state index >= 15 is 0 Å². The van der Waals surface area contributed by atoms with Gasteiger partial charge in [-0.05, 0) is 32.6 Å². The van der Waals surface area contributed by atoms with E-state index in [4.69, 9.17) is 4.42 Å². The van der Waals surface area contributed by atoms with Crippen molar-refractivity contribution in [3.8, 4) is 0 Å². The standard InChI is InChI=1S/C13H20N2O3/c1-9-14-11(8-18-9)12(16)15-6-4-10(5-7-15)13(2,3)17/h8,10,17H,4-7H2,1-3H3. The molecule has 1 aromatic heterocycles. The number of hydrogen-bond acceptors (Lipinski definition) is 4. The summed E-state index contributed by atoms with van der Waals surface area (Å²) in [5.74, 6) is 0.673. The van der Waals surface area contributed by atoms with Crippen LogP contribution in [0.2, 0.25) is 0 Å². The zero-order valence-corrected chi connectivity index (χ0v) is 11.1. The van der Waals surface area contributed by atoms with E-state index in [1.165, 1.54) is 6.26 Å². The summed E-state index contributed by atoms with van der Waals surface area (Å²) >= 11 is 0. The Morgan fingerprint density at radius 1 is 1.50 bits per heavy atom. The highest BCUT2D eigenvalue weighted by molar-refractivity contribution is 5.92. The van der Waals surface area contributed by atoms with Crippen molar-refractivity contribution in [2.24, 2.45) is 5.92 Å². The molecular weight excluding hydrogens is 232 g/mol. The quantitative estimate of drug-likeness (QED) is 0.868. The molecule has 1 aromatic rings. The first kappa shape index (κ1) is 13.1. The van der Waals surface area contributed by atoms with E-state index in [0.717, 1.165) is 12.8 Å². The molecule has 2 heterocycles. The van der Waals surface area contributed by atoms with Crippen LogP contribution in [0.3, 0.4) is 0 Å². The maximum absolute atomic E-state index is 12.1. The van der Waals surface area contributed by atoms with Crippen LogP contribution in [-0.4, -0.2) is 39.6 Å². The molecule has 18 heavy (non-hydrogen) atoms. The Morgan fingerprint density at radius 2 is 2.11 bits per heavy atom. The number of carbonyl (C=O) groups excluding carboxylic acids is 1. The smallest absolute Gasteiger partial charge is 0.275 e. The Morgan fingerprint density at radius 3 is 2.56 bits per heavy atom. The van der Waals surface area contributed by atoms with E-state index in [-0.39, 0.29) is 11.8 Å². The van der Waals surface area contributed by atoms with Gasteiger partial charge in [0.25, 0.3) is 5.91 Å². The topological polar surface area (TPSA) is 66.6 Å². The number of piperidine rings is 1. The summed E-state index contributed by atoms with van der Waals surface area (Å²) in [6.07, 6.45) is 3.05. The van der Waals surface area contributed by atoms with Crippen molar-refractivity contribution < 1.29 is 14.3 Å². The van der Waals surface area contributed by atoms with Gasteiger partial charge < -0.3 is 14.4 Å². The van der Waals surface area contributed by atoms with Crippen molar-refractivity contribution in [3.63, 3.8) is 0 Å². The lowest BCUT2D eigenvalue weighted by atomic mass is 9.83. The highest BCUT2D eigenvalue weighted by Crippen LogP contribution is 2.28. The molecule has 0 aliphatic carbocycles. The zero-order valence-electron chi connectivity index (χ0n) is 11.1. The van der Waals surface area contributed by atoms with Crippen LogP contribution in [0.25, 0.3) is 0 Å². The van der Waals surface area contributed by atoms with E-state index in [9.17, 15) is 9.90 Å². The Kier molecular flexibility index (Phi) is 3.43. The van der Waals surface area contributed by atoms with E-state index in [1.54, 1.807) is 11.8 Å². The molecule has 0 bridgehead atoms. The second-order valence-corrected chi connectivity index (χ2v) is 5.47. The highest BCUT2D eigenvalue weighted by atomic mass is 16.3. The van der Waals surface area contributed by atoms with Gasteiger partial charge in [0, 0.05) is 20.0 Å². The molecule has 1 aliphatic rings. The fraction of sp³-hybridized carbons (Fsp3) is 0.692. The molecule has 1 fully saturated rings. The minimum Gasteiger partial charge on any atom is -0.448 e. The molecule has 1 aliphatic heterocycles. The maximum atomic E-state index is 12.1. The van der Waals surface area contributed by atoms with Crippen LogP contribution in [0.4, 0.5) is 0 Å². The number of likely N-dealkylation sites (tertiary alicyclic amines) is 1. The highest BCUT2D eigenvalue weighted by Gasteiger charge is 2.32. The molecule has 1 saturated heterocycles. The molecular formula is C13H20N2O3. The molecule has 2 rings (SSSR count). The minimum atomic E-state index is -0.667. The van der Waals surface area contributed by atoms with Gasteiger partial charge >= 0.3 is 0 Å². The van der Waals surface area contributed by atoms with Gasteiger partial charge in [-0.25, -0.2) is 4.98 Å². The predicted octanol–water partition coefficient (Wildman–Crippen LogP) is 1.61. The van der Waals surface area contributed by atoms with Crippen molar-refractivity contribution in [1.82, 2.24) is 9.88 Å². The number of oxazole rings is 1. The normalized spacial score (nSPS) is 18.1. The minimum absolute atomic E-state index is 0.0824. The molecule has 0 atom stereocenters. The number of rotatable bonds is 2. The average Bonchev–Trinajstić information content (AvgIpc) is 2.74. The fourth-order valence-corrected chi connectivity index (χ4v) is 2.41. The second-order valence-electron chi connectivity index (χ2n) is 5.47. The summed E-state index contributed by atoms with van der Waals surface area (Å²) < 4.78 is 5.05. The lowest BCUT2D eigenvalue weighted by molar-refractivity contribution is -0.0109. The van der Waals surface area contributed by atoms with Crippen molar-refractivity contribution >= 4 is 5.91 Å². The third-order valence-electron chi connectivity index (χ3n) is 3.62. The van der Waals surface area contributed by atoms with Gasteiger partial charge in [0.05, 0.1) is 5.60 Å². The van der Waals surface area contributed by atoms with E-state index in [2.05, 4.69) is 4.98 Å². The molecule has 0 saturated carbocycles. The van der Waals surface area contributed by atoms with Crippen molar-refractivity contribution in [2.45, 2.75) is 39.2 Å². The Hall–Kier alpha value is -1.36. The average molecular weight is 252 g/mol. The number of hydrogen-bond donors (Lipinski definition) is 1. The molecule has 5 nitrogen and oxygen atoms in total. The first-order chi connectivity index (χ1) is 8.38. The van der Waals surface area contributed by atoms with E-state index < -0.39 is 5.60 Å². The number of aromatic nitrogens is 1. The Bertz CT molecular complexity index is 426. The number of aryl methyl sites for hydroxylation is 1. The largest absolute Gasteiger partial charge is 0.448 e. The number of aliphatic hydroxyl groups is 1. The van der Waals surface area contributed by atoms with Crippen LogP contribution >= 0.6 is 0 Å². The summed E-state index contributed by atoms with van der Waals surface area (Å²) in [6, 6.07) is 0. The SMILES string of the molecule is Cc1nc(C(=O)N2CCC(C(C)(C)O)CC2)co1. The second kappa shape index (κ2) is 4.72. The van der Waals surface area contributed by atoms with Gasteiger partial charge in [-0.3, -0.25) is 4.79 Å². The lowest BCUT2D eigenvalue weighted by Gasteiger charge is -2.37. The lowest BCUT2D eigenvalue weighted by Crippen LogP contribution is -2.44. The molecule has 5 heteroatoms. The molecule has 100 valence electrons. The maximum Gasteiger partial charge on any atom is 0.275 e. The zero-order chi connectivity index (χ0) is 13.3. The van der Waals surface area contributed by atoms with Gasteiger partial charge in [0.2, 0.25) is 0 Å². The van der Waals surface area contributed by atoms with Crippen LogP contribution in [-0.2, 0) is 0 Å². The molecule has 1 amide bonds. The van der Waals surface area contributed by atoms with Crippen LogP contribution in [0.5, 0.6) is 0 Å². The summed E-state index contributed by atoms with van der Waals surface area (Å²) in [5.41, 5.74) is -0.297. The third kappa shape index (κ3) is 2.72. The molecule has 0 radical (unpaired) electrons. The summed E-state index contributed by atoms with van der Waals surface area (Å²) in [6.45, 7) is 6.71. The van der Waals surface area contributed by atoms with Gasteiger partial charge in [-0.15, -0.1) is 0 Å². The van der Waals surface area contributed by atoms with Gasteiger partial charge in [-0.1, -0.05) is 0 Å². The van der Waals surface area contributed by atoms with E-state index in [0.29, 0.717) is 24.7 Å². The summed E-state index contributed by atoms with van der Waals surface area (Å²) in [7, 11) is 0. The molecule has 0 spiro atoms. The third-order valence-corrected chi connectivity index (χ3v) is 3.62. The van der Waals surface area contributed by atoms with E-state index in [1.807, 2.05) is 13.8 Å². The van der Waals surface area contributed by atoms with Crippen LogP contribution in [0.15, 0.2) is 10.7 Å². The summed E-state index contributed by atoms with van der Waals surface area (Å²) in [5, 5.41) is 9.96. The number of carbonyl (C=O) groups is 1. The monoisotopic (exact) mass is 252 g/mol. The van der Waals surface area contributed by atoms with Crippen LogP contribution < -0.4 is 0 Å². The summed E-state index contributed by atoms with van der Waals surface area (Å²) in [4.78, 5) is 17.9. The van der Waals surface area contributed by atoms with Gasteiger partial charge in [0.1, 0.15) is 6.26 Å². The molecule has 0 aromatic carbocycles. The predicted molar refractivity (Wildman–Crippen MR) is 66.2 cm³/mol. The Balaban J connectivity index is 1.96. The first-order valence-corrected chi connectivity index (χ1v) is 6.31. The first-order valence-electron chi connectivity index (χ1n) is 6.31. The van der Waals surface area contributed by atoms with Crippen molar-refractivity contribution in [2.75, 3.05) is 13.1 Å². The molecule has 0 unspecified atom stereocenters. The number of amides is 1. The van der Waals surface area contributed by atoms with Crippen molar-refractivity contribution in [3.05, 3.63) is 17.8 Å². The van der Waals surface area contributed by atoms with Gasteiger partial charge in [0.15, 0.2) is 11.6 Å². The van der Waals surface area contributed by atoms with Gasteiger partial charge in [-0.2, -0.15) is 0 Å². The molecule has 1 N–H and O–H groups in total. The van der Waals surface area contributed by atoms with Crippen molar-refractivity contribution in [1.29, 1.82) is 0 Å². The Labute approximate surface area is 107 Å². The number of nitrogens with zero attached hydrogens (tertiary/aromatic N) is 2. The van der Waals surface area contributed by atoms with Crippen LogP contribution in [0, 0.1) is 12.8 Å². The fourth-order valence-electron chi connectivity index (χ4n) is 2.41.